The minimum absolute atomic E-state index is 0.130. The average Bonchev–Trinajstić information content (AvgIpc) is 2.34. The summed E-state index contributed by atoms with van der Waals surface area (Å²) in [7, 11) is 0. The van der Waals surface area contributed by atoms with Gasteiger partial charge in [-0.15, -0.1) is 0 Å². The van der Waals surface area contributed by atoms with Crippen molar-refractivity contribution in [3.8, 4) is 5.75 Å². The van der Waals surface area contributed by atoms with Crippen LogP contribution in [0.5, 0.6) is 5.75 Å². The highest BCUT2D eigenvalue weighted by molar-refractivity contribution is 6.49. The molecule has 0 radical (unpaired) electrons. The molecule has 0 heterocycles. The molecule has 2 N–H and O–H groups in total. The highest BCUT2D eigenvalue weighted by Crippen LogP contribution is 2.28. The van der Waals surface area contributed by atoms with Crippen molar-refractivity contribution in [1.29, 1.82) is 0 Å². The Hall–Kier alpha value is -0.640. The minimum atomic E-state index is -1.07. The second kappa shape index (κ2) is 9.29. The van der Waals surface area contributed by atoms with Gasteiger partial charge in [0.2, 0.25) is 0 Å². The van der Waals surface area contributed by atoms with Gasteiger partial charge < -0.3 is 15.3 Å². The van der Waals surface area contributed by atoms with Crippen LogP contribution in [0.3, 0.4) is 0 Å². The predicted octanol–water partition coefficient (Wildman–Crippen LogP) is 4.30. The number of para-hydroxylation sites is 2. The van der Waals surface area contributed by atoms with E-state index in [1.165, 1.54) is 19.6 Å². The quantitative estimate of drug-likeness (QED) is 0.483. The molecule has 0 aliphatic carbocycles. The lowest BCUT2D eigenvalue weighted by Gasteiger charge is -2.17. The molecule has 110 valence electrons. The van der Waals surface area contributed by atoms with Crippen molar-refractivity contribution in [2.75, 3.05) is 25.0 Å². The minimum Gasteiger partial charge on any atom is -0.506 e. The van der Waals surface area contributed by atoms with Gasteiger partial charge in [0, 0.05) is 0 Å². The van der Waals surface area contributed by atoms with Gasteiger partial charge in [0.05, 0.1) is 5.69 Å². The van der Waals surface area contributed by atoms with E-state index in [0.29, 0.717) is 5.69 Å². The van der Waals surface area contributed by atoms with E-state index in [2.05, 4.69) is 31.0 Å². The fourth-order valence-electron chi connectivity index (χ4n) is 1.49. The molecule has 0 aliphatic heterocycles. The Balaban J connectivity index is 0.000000399. The van der Waals surface area contributed by atoms with E-state index < -0.39 is 4.46 Å². The predicted molar refractivity (Wildman–Crippen MR) is 85.3 cm³/mol. The van der Waals surface area contributed by atoms with Crippen molar-refractivity contribution >= 4 is 28.9 Å². The van der Waals surface area contributed by atoms with Crippen LogP contribution in [0.4, 0.5) is 5.69 Å². The number of nitrogens with zero attached hydrogens (tertiary/aromatic N) is 1. The summed E-state index contributed by atoms with van der Waals surface area (Å²) in [6, 6.07) is 6.75. The Morgan fingerprint density at radius 2 is 1.58 bits per heavy atom. The highest BCUT2D eigenvalue weighted by atomic mass is 35.5. The number of halogens is 2. The normalized spacial score (nSPS) is 10.9. The molecule has 5 heteroatoms. The van der Waals surface area contributed by atoms with Crippen LogP contribution in [0.1, 0.15) is 27.7 Å². The number of rotatable bonds is 5. The second-order valence-electron chi connectivity index (χ2n) is 4.15. The Bertz CT molecular complexity index is 344. The summed E-state index contributed by atoms with van der Waals surface area (Å²) in [4.78, 5) is 2.38. The summed E-state index contributed by atoms with van der Waals surface area (Å²) in [5, 5.41) is 12.0. The van der Waals surface area contributed by atoms with Crippen molar-refractivity contribution in [3.63, 3.8) is 0 Å². The zero-order chi connectivity index (χ0) is 14.9. The number of anilines is 1. The lowest BCUT2D eigenvalue weighted by molar-refractivity contribution is 0.321. The smallest absolute Gasteiger partial charge is 0.185 e. The number of alkyl halides is 2. The fourth-order valence-corrected chi connectivity index (χ4v) is 1.69. The number of phenols is 1. The first kappa shape index (κ1) is 18.4. The molecule has 1 aromatic carbocycles. The number of nitrogens with one attached hydrogen (secondary N) is 1. The van der Waals surface area contributed by atoms with Crippen molar-refractivity contribution in [3.05, 3.63) is 24.3 Å². The van der Waals surface area contributed by atoms with Crippen molar-refractivity contribution in [1.82, 2.24) is 4.90 Å². The van der Waals surface area contributed by atoms with Gasteiger partial charge in [-0.1, -0.05) is 56.1 Å². The molecule has 0 saturated carbocycles. The summed E-state index contributed by atoms with van der Waals surface area (Å²) in [5.74, 6) is 0.130. The summed E-state index contributed by atoms with van der Waals surface area (Å²) >= 11 is 11.4. The lowest BCUT2D eigenvalue weighted by atomic mass is 10.3. The summed E-state index contributed by atoms with van der Waals surface area (Å²) in [5.41, 5.74) is 0.519. The van der Waals surface area contributed by atoms with E-state index in [-0.39, 0.29) is 5.75 Å². The van der Waals surface area contributed by atoms with Gasteiger partial charge in [0.1, 0.15) is 5.75 Å². The first-order valence-electron chi connectivity index (χ1n) is 6.50. The lowest BCUT2D eigenvalue weighted by Crippen LogP contribution is -2.21. The summed E-state index contributed by atoms with van der Waals surface area (Å²) < 4.78 is -1.07. The third-order valence-corrected chi connectivity index (χ3v) is 2.79. The van der Waals surface area contributed by atoms with E-state index in [4.69, 9.17) is 23.2 Å². The molecule has 0 amide bonds. The molecule has 19 heavy (non-hydrogen) atoms. The van der Waals surface area contributed by atoms with Crippen LogP contribution in [0, 0.1) is 0 Å². The second-order valence-corrected chi connectivity index (χ2v) is 5.86. The number of benzene rings is 1. The van der Waals surface area contributed by atoms with Crippen LogP contribution in [-0.2, 0) is 0 Å². The molecule has 1 rings (SSSR count). The molecule has 0 unspecified atom stereocenters. The average molecular weight is 307 g/mol. The SMILES string of the molecule is CC(Cl)(Cl)Nc1ccccc1O.CCN(CC)CC. The van der Waals surface area contributed by atoms with E-state index in [1.54, 1.807) is 31.2 Å². The van der Waals surface area contributed by atoms with Crippen LogP contribution in [-0.4, -0.2) is 34.1 Å². The molecule has 3 nitrogen and oxygen atoms in total. The number of phenolic OH excluding ortho intramolecular Hbond substituents is 1. The third kappa shape index (κ3) is 8.98. The first-order chi connectivity index (χ1) is 8.84. The van der Waals surface area contributed by atoms with E-state index in [0.717, 1.165) is 0 Å². The molecule has 0 atom stereocenters. The van der Waals surface area contributed by atoms with Gasteiger partial charge in [-0.2, -0.15) is 0 Å². The van der Waals surface area contributed by atoms with Gasteiger partial charge >= 0.3 is 0 Å². The Morgan fingerprint density at radius 1 is 1.11 bits per heavy atom. The largest absolute Gasteiger partial charge is 0.506 e. The van der Waals surface area contributed by atoms with Crippen LogP contribution >= 0.6 is 23.2 Å². The monoisotopic (exact) mass is 306 g/mol. The van der Waals surface area contributed by atoms with Gasteiger partial charge in [-0.3, -0.25) is 0 Å². The van der Waals surface area contributed by atoms with Crippen LogP contribution < -0.4 is 5.32 Å². The molecule has 0 bridgehead atoms. The van der Waals surface area contributed by atoms with Crippen LogP contribution in [0.2, 0.25) is 0 Å². The third-order valence-electron chi connectivity index (χ3n) is 2.60. The maximum absolute atomic E-state index is 9.29. The van der Waals surface area contributed by atoms with Crippen molar-refractivity contribution in [2.45, 2.75) is 32.2 Å². The number of aromatic hydroxyl groups is 1. The number of hydrogen-bond acceptors (Lipinski definition) is 3. The van der Waals surface area contributed by atoms with Crippen molar-refractivity contribution in [2.24, 2.45) is 0 Å². The zero-order valence-corrected chi connectivity index (χ0v) is 13.6. The van der Waals surface area contributed by atoms with Crippen LogP contribution in [0.25, 0.3) is 0 Å². The Kier molecular flexibility index (Phi) is 8.98. The maximum atomic E-state index is 9.29. The van der Waals surface area contributed by atoms with Gasteiger partial charge in [0.15, 0.2) is 4.46 Å². The fraction of sp³-hybridized carbons (Fsp3) is 0.571. The Morgan fingerprint density at radius 3 is 1.89 bits per heavy atom. The van der Waals surface area contributed by atoms with E-state index in [1.807, 2.05) is 0 Å². The van der Waals surface area contributed by atoms with E-state index >= 15 is 0 Å². The van der Waals surface area contributed by atoms with Gasteiger partial charge in [0.25, 0.3) is 0 Å². The molecular formula is C14H24Cl2N2O. The van der Waals surface area contributed by atoms with E-state index in [9.17, 15) is 5.11 Å². The summed E-state index contributed by atoms with van der Waals surface area (Å²) in [6.45, 7) is 11.7. The summed E-state index contributed by atoms with van der Waals surface area (Å²) in [6.07, 6.45) is 0. The van der Waals surface area contributed by atoms with Crippen LogP contribution in [0.15, 0.2) is 24.3 Å². The van der Waals surface area contributed by atoms with Gasteiger partial charge in [-0.05, 0) is 38.7 Å². The Labute approximate surface area is 126 Å². The maximum Gasteiger partial charge on any atom is 0.185 e. The molecule has 0 spiro atoms. The molecule has 0 saturated heterocycles. The highest BCUT2D eigenvalue weighted by Gasteiger charge is 2.16. The number of hydrogen-bond donors (Lipinski definition) is 2. The molecule has 0 aromatic heterocycles. The van der Waals surface area contributed by atoms with Gasteiger partial charge in [-0.25, -0.2) is 0 Å². The van der Waals surface area contributed by atoms with Crippen molar-refractivity contribution < 1.29 is 5.11 Å². The molecule has 0 fully saturated rings. The standard InChI is InChI=1S/C8H9Cl2NO.C6H15N/c1-8(9,10)11-6-4-2-3-5-7(6)12;1-4-7(5-2)6-3/h2-5,11-12H,1H3;4-6H2,1-3H3. The first-order valence-corrected chi connectivity index (χ1v) is 7.25. The molecule has 0 aliphatic rings. The zero-order valence-electron chi connectivity index (χ0n) is 12.1. The topological polar surface area (TPSA) is 35.5 Å². The molecular weight excluding hydrogens is 283 g/mol. The molecule has 1 aromatic rings.